The highest BCUT2D eigenvalue weighted by Gasteiger charge is 2.57. The second kappa shape index (κ2) is 4.44. The largest absolute Gasteiger partial charge is 0.480 e. The number of amides is 1. The van der Waals surface area contributed by atoms with E-state index in [9.17, 15) is 9.59 Å². The van der Waals surface area contributed by atoms with Crippen molar-refractivity contribution in [1.82, 2.24) is 5.32 Å². The van der Waals surface area contributed by atoms with Gasteiger partial charge in [0.25, 0.3) is 0 Å². The average Bonchev–Trinajstić information content (AvgIpc) is 3.10. The number of carboxylic acids is 1. The van der Waals surface area contributed by atoms with Crippen LogP contribution >= 0.6 is 0 Å². The summed E-state index contributed by atoms with van der Waals surface area (Å²) in [6, 6.07) is 7.60. The molecule has 0 heterocycles. The van der Waals surface area contributed by atoms with Crippen LogP contribution in [0.3, 0.4) is 0 Å². The number of aliphatic carboxylic acids is 1. The lowest BCUT2D eigenvalue weighted by atomic mass is 10.0. The molecule has 2 rings (SSSR count). The van der Waals surface area contributed by atoms with Gasteiger partial charge in [0.15, 0.2) is 0 Å². The second-order valence-corrected chi connectivity index (χ2v) is 4.94. The van der Waals surface area contributed by atoms with E-state index in [1.807, 2.05) is 38.1 Å². The fraction of sp³-hybridized carbons (Fsp3) is 0.429. The van der Waals surface area contributed by atoms with Crippen LogP contribution in [0.2, 0.25) is 0 Å². The van der Waals surface area contributed by atoms with Gasteiger partial charge in [-0.05, 0) is 37.8 Å². The molecule has 1 unspecified atom stereocenters. The maximum Gasteiger partial charge on any atom is 0.319 e. The van der Waals surface area contributed by atoms with Crippen LogP contribution < -0.4 is 5.32 Å². The Kier molecular flexibility index (Phi) is 3.11. The molecule has 0 saturated heterocycles. The van der Waals surface area contributed by atoms with Crippen LogP contribution in [0.1, 0.15) is 36.9 Å². The molecule has 18 heavy (non-hydrogen) atoms. The molecule has 4 nitrogen and oxygen atoms in total. The molecule has 96 valence electrons. The first-order valence-corrected chi connectivity index (χ1v) is 6.07. The van der Waals surface area contributed by atoms with E-state index in [1.54, 1.807) is 0 Å². The van der Waals surface area contributed by atoms with E-state index in [4.69, 9.17) is 5.11 Å². The van der Waals surface area contributed by atoms with Crippen molar-refractivity contribution in [1.29, 1.82) is 0 Å². The highest BCUT2D eigenvalue weighted by molar-refractivity contribution is 6.04. The van der Waals surface area contributed by atoms with Gasteiger partial charge < -0.3 is 10.4 Å². The van der Waals surface area contributed by atoms with E-state index in [0.29, 0.717) is 12.8 Å². The standard InChI is InChI=1S/C14H17NO3/c1-9-5-3-4-6-11(9)10(2)15-12(16)14(7-8-14)13(17)18/h3-6,10H,7-8H2,1-2H3,(H,15,16)(H,17,18). The molecular formula is C14H17NO3. The monoisotopic (exact) mass is 247 g/mol. The molecule has 1 fully saturated rings. The van der Waals surface area contributed by atoms with Crippen LogP contribution in [0.25, 0.3) is 0 Å². The molecule has 0 spiro atoms. The molecule has 1 aliphatic carbocycles. The minimum Gasteiger partial charge on any atom is -0.480 e. The lowest BCUT2D eigenvalue weighted by Crippen LogP contribution is -2.38. The molecule has 0 aliphatic heterocycles. The fourth-order valence-corrected chi connectivity index (χ4v) is 2.15. The van der Waals surface area contributed by atoms with Crippen molar-refractivity contribution < 1.29 is 14.7 Å². The Morgan fingerprint density at radius 1 is 1.33 bits per heavy atom. The van der Waals surface area contributed by atoms with Crippen LogP contribution in [0.15, 0.2) is 24.3 Å². The van der Waals surface area contributed by atoms with Gasteiger partial charge in [-0.3, -0.25) is 9.59 Å². The summed E-state index contributed by atoms with van der Waals surface area (Å²) in [6.07, 6.45) is 0.878. The van der Waals surface area contributed by atoms with E-state index in [0.717, 1.165) is 11.1 Å². The first-order valence-electron chi connectivity index (χ1n) is 6.07. The van der Waals surface area contributed by atoms with Crippen LogP contribution in [0.5, 0.6) is 0 Å². The van der Waals surface area contributed by atoms with Gasteiger partial charge in [-0.2, -0.15) is 0 Å². The summed E-state index contributed by atoms with van der Waals surface area (Å²) in [5.41, 5.74) is 0.939. The summed E-state index contributed by atoms with van der Waals surface area (Å²) in [4.78, 5) is 23.0. The quantitative estimate of drug-likeness (QED) is 0.800. The van der Waals surface area contributed by atoms with E-state index in [1.165, 1.54) is 0 Å². The molecule has 2 N–H and O–H groups in total. The average molecular weight is 247 g/mol. The zero-order valence-corrected chi connectivity index (χ0v) is 10.6. The fourth-order valence-electron chi connectivity index (χ4n) is 2.15. The van der Waals surface area contributed by atoms with Gasteiger partial charge in [0, 0.05) is 0 Å². The third kappa shape index (κ3) is 2.10. The summed E-state index contributed by atoms with van der Waals surface area (Å²) in [5.74, 6) is -1.39. The summed E-state index contributed by atoms with van der Waals surface area (Å²) >= 11 is 0. The molecule has 1 saturated carbocycles. The number of carbonyl (C=O) groups excluding carboxylic acids is 1. The van der Waals surface area contributed by atoms with Crippen LogP contribution in [-0.2, 0) is 9.59 Å². The molecule has 0 bridgehead atoms. The Bertz CT molecular complexity index is 492. The van der Waals surface area contributed by atoms with Crippen molar-refractivity contribution in [2.24, 2.45) is 5.41 Å². The number of benzene rings is 1. The first kappa shape index (κ1) is 12.6. The maximum atomic E-state index is 12.0. The molecule has 1 aromatic rings. The molecule has 1 atom stereocenters. The third-order valence-corrected chi connectivity index (χ3v) is 3.60. The smallest absolute Gasteiger partial charge is 0.319 e. The van der Waals surface area contributed by atoms with Crippen LogP contribution in [-0.4, -0.2) is 17.0 Å². The zero-order valence-electron chi connectivity index (χ0n) is 10.6. The molecule has 4 heteroatoms. The van der Waals surface area contributed by atoms with Gasteiger partial charge in [-0.1, -0.05) is 24.3 Å². The van der Waals surface area contributed by atoms with E-state index in [2.05, 4.69) is 5.32 Å². The Hall–Kier alpha value is -1.84. The number of nitrogens with one attached hydrogen (secondary N) is 1. The molecule has 0 aromatic heterocycles. The molecule has 1 aromatic carbocycles. The summed E-state index contributed by atoms with van der Waals surface area (Å²) in [5, 5.41) is 11.9. The van der Waals surface area contributed by atoms with Crippen molar-refractivity contribution in [2.45, 2.75) is 32.7 Å². The Morgan fingerprint density at radius 3 is 2.44 bits per heavy atom. The predicted octanol–water partition coefficient (Wildman–Crippen LogP) is 2.04. The number of hydrogen-bond donors (Lipinski definition) is 2. The minimum atomic E-state index is -1.17. The summed E-state index contributed by atoms with van der Waals surface area (Å²) in [7, 11) is 0. The van der Waals surface area contributed by atoms with Gasteiger partial charge in [0.05, 0.1) is 6.04 Å². The van der Waals surface area contributed by atoms with Gasteiger partial charge in [-0.15, -0.1) is 0 Å². The number of carboxylic acid groups (broad SMARTS) is 1. The SMILES string of the molecule is Cc1ccccc1C(C)NC(=O)C1(C(=O)O)CC1. The normalized spacial score (nSPS) is 17.9. The van der Waals surface area contributed by atoms with E-state index in [-0.39, 0.29) is 11.9 Å². The Labute approximate surface area is 106 Å². The van der Waals surface area contributed by atoms with Crippen molar-refractivity contribution in [2.75, 3.05) is 0 Å². The van der Waals surface area contributed by atoms with Crippen LogP contribution in [0, 0.1) is 12.3 Å². The van der Waals surface area contributed by atoms with Gasteiger partial charge in [0.2, 0.25) is 5.91 Å². The number of aryl methyl sites for hydroxylation is 1. The van der Waals surface area contributed by atoms with Crippen molar-refractivity contribution in [3.05, 3.63) is 35.4 Å². The number of rotatable bonds is 4. The van der Waals surface area contributed by atoms with Gasteiger partial charge >= 0.3 is 5.97 Å². The molecule has 1 aliphatic rings. The topological polar surface area (TPSA) is 66.4 Å². The highest BCUT2D eigenvalue weighted by atomic mass is 16.4. The lowest BCUT2D eigenvalue weighted by molar-refractivity contribution is -0.149. The summed E-state index contributed by atoms with van der Waals surface area (Å²) < 4.78 is 0. The van der Waals surface area contributed by atoms with Crippen molar-refractivity contribution >= 4 is 11.9 Å². The van der Waals surface area contributed by atoms with Crippen molar-refractivity contribution in [3.8, 4) is 0 Å². The maximum absolute atomic E-state index is 12.0. The summed E-state index contributed by atoms with van der Waals surface area (Å²) in [6.45, 7) is 3.85. The molecular weight excluding hydrogens is 230 g/mol. The molecule has 1 amide bonds. The highest BCUT2D eigenvalue weighted by Crippen LogP contribution is 2.46. The predicted molar refractivity (Wildman–Crippen MR) is 67.0 cm³/mol. The number of carbonyl (C=O) groups is 2. The zero-order chi connectivity index (χ0) is 13.3. The van der Waals surface area contributed by atoms with Crippen LogP contribution in [0.4, 0.5) is 0 Å². The minimum absolute atomic E-state index is 0.171. The molecule has 0 radical (unpaired) electrons. The Balaban J connectivity index is 2.09. The van der Waals surface area contributed by atoms with Gasteiger partial charge in [-0.25, -0.2) is 0 Å². The van der Waals surface area contributed by atoms with E-state index >= 15 is 0 Å². The van der Waals surface area contributed by atoms with Gasteiger partial charge in [0.1, 0.15) is 5.41 Å². The number of hydrogen-bond acceptors (Lipinski definition) is 2. The van der Waals surface area contributed by atoms with Crippen molar-refractivity contribution in [3.63, 3.8) is 0 Å². The first-order chi connectivity index (χ1) is 8.47. The Morgan fingerprint density at radius 2 is 1.94 bits per heavy atom. The second-order valence-electron chi connectivity index (χ2n) is 4.94. The lowest BCUT2D eigenvalue weighted by Gasteiger charge is -2.19. The van der Waals surface area contributed by atoms with E-state index < -0.39 is 11.4 Å². The third-order valence-electron chi connectivity index (χ3n) is 3.60.